The monoisotopic (exact) mass is 346 g/mol. The van der Waals surface area contributed by atoms with E-state index in [0.29, 0.717) is 6.04 Å². The zero-order chi connectivity index (χ0) is 16.8. The van der Waals surface area contributed by atoms with Gasteiger partial charge in [0.15, 0.2) is 0 Å². The van der Waals surface area contributed by atoms with E-state index in [-0.39, 0.29) is 6.61 Å². The molecule has 5 heteroatoms. The van der Waals surface area contributed by atoms with Crippen LogP contribution in [0.2, 0.25) is 0 Å². The minimum absolute atomic E-state index is 0.214. The van der Waals surface area contributed by atoms with E-state index in [1.54, 1.807) is 18.4 Å². The van der Waals surface area contributed by atoms with Crippen molar-refractivity contribution < 1.29 is 9.84 Å². The van der Waals surface area contributed by atoms with Crippen molar-refractivity contribution in [2.75, 3.05) is 20.3 Å². The van der Waals surface area contributed by atoms with Gasteiger partial charge in [-0.3, -0.25) is 4.90 Å². The van der Waals surface area contributed by atoms with Crippen molar-refractivity contribution in [3.8, 4) is 16.3 Å². The van der Waals surface area contributed by atoms with Gasteiger partial charge in [0.05, 0.1) is 19.4 Å². The number of aromatic nitrogens is 1. The molecule has 1 aliphatic rings. The Bertz CT molecular complexity index is 621. The van der Waals surface area contributed by atoms with Crippen LogP contribution in [0.4, 0.5) is 0 Å². The molecule has 0 bridgehead atoms. The molecule has 0 amide bonds. The molecule has 1 N–H and O–H groups in total. The van der Waals surface area contributed by atoms with Gasteiger partial charge in [0.1, 0.15) is 10.8 Å². The van der Waals surface area contributed by atoms with E-state index in [4.69, 9.17) is 9.72 Å². The minimum Gasteiger partial charge on any atom is -0.497 e. The summed E-state index contributed by atoms with van der Waals surface area (Å²) in [6, 6.07) is 8.63. The van der Waals surface area contributed by atoms with Crippen LogP contribution in [0.25, 0.3) is 10.6 Å². The van der Waals surface area contributed by atoms with Crippen LogP contribution in [-0.2, 0) is 6.54 Å². The highest BCUT2D eigenvalue weighted by atomic mass is 32.1. The molecular formula is C19H26N2O2S. The molecule has 0 spiro atoms. The predicted octanol–water partition coefficient (Wildman–Crippen LogP) is 3.95. The number of methoxy groups -OCH3 is 1. The van der Waals surface area contributed by atoms with Crippen LogP contribution < -0.4 is 4.74 Å². The third-order valence-corrected chi connectivity index (χ3v) is 5.67. The van der Waals surface area contributed by atoms with Crippen LogP contribution in [0, 0.1) is 0 Å². The topological polar surface area (TPSA) is 45.6 Å². The summed E-state index contributed by atoms with van der Waals surface area (Å²) >= 11 is 1.68. The molecule has 0 unspecified atom stereocenters. The average Bonchev–Trinajstić information content (AvgIpc) is 3.11. The normalized spacial score (nSPS) is 15.8. The summed E-state index contributed by atoms with van der Waals surface area (Å²) in [5.41, 5.74) is 2.23. The van der Waals surface area contributed by atoms with Gasteiger partial charge < -0.3 is 9.84 Å². The fraction of sp³-hybridized carbons (Fsp3) is 0.526. The predicted molar refractivity (Wildman–Crippen MR) is 98.5 cm³/mol. The minimum atomic E-state index is 0.214. The molecule has 1 aliphatic carbocycles. The van der Waals surface area contributed by atoms with Crippen molar-refractivity contribution in [1.82, 2.24) is 9.88 Å². The SMILES string of the molecule is COc1ccc(-c2nc(CN(CCO)C3CCCCC3)cs2)cc1. The third-order valence-electron chi connectivity index (χ3n) is 4.73. The summed E-state index contributed by atoms with van der Waals surface area (Å²) in [4.78, 5) is 7.22. The first-order chi connectivity index (χ1) is 11.8. The van der Waals surface area contributed by atoms with Crippen molar-refractivity contribution in [1.29, 1.82) is 0 Å². The molecule has 3 rings (SSSR count). The molecule has 1 fully saturated rings. The molecule has 0 atom stereocenters. The second kappa shape index (κ2) is 8.60. The Balaban J connectivity index is 1.68. The van der Waals surface area contributed by atoms with Crippen LogP contribution >= 0.6 is 11.3 Å². The largest absolute Gasteiger partial charge is 0.497 e. The smallest absolute Gasteiger partial charge is 0.123 e. The van der Waals surface area contributed by atoms with E-state index in [9.17, 15) is 5.11 Å². The van der Waals surface area contributed by atoms with E-state index in [0.717, 1.165) is 35.1 Å². The molecule has 1 heterocycles. The Labute approximate surface area is 148 Å². The van der Waals surface area contributed by atoms with Crippen molar-refractivity contribution in [2.45, 2.75) is 44.7 Å². The van der Waals surface area contributed by atoms with Crippen LogP contribution in [-0.4, -0.2) is 41.3 Å². The van der Waals surface area contributed by atoms with Gasteiger partial charge in [0.25, 0.3) is 0 Å². The molecule has 1 aromatic heterocycles. The zero-order valence-corrected chi connectivity index (χ0v) is 15.1. The fourth-order valence-corrected chi connectivity index (χ4v) is 4.24. The Morgan fingerprint density at radius 2 is 1.96 bits per heavy atom. The Morgan fingerprint density at radius 3 is 2.62 bits per heavy atom. The van der Waals surface area contributed by atoms with Gasteiger partial charge in [-0.2, -0.15) is 0 Å². The second-order valence-electron chi connectivity index (χ2n) is 6.36. The fourth-order valence-electron chi connectivity index (χ4n) is 3.42. The van der Waals surface area contributed by atoms with Crippen LogP contribution in [0.1, 0.15) is 37.8 Å². The number of rotatable bonds is 7. The lowest BCUT2D eigenvalue weighted by atomic mass is 9.94. The molecule has 4 nitrogen and oxygen atoms in total. The molecular weight excluding hydrogens is 320 g/mol. The lowest BCUT2D eigenvalue weighted by Gasteiger charge is -2.33. The lowest BCUT2D eigenvalue weighted by molar-refractivity contribution is 0.116. The highest BCUT2D eigenvalue weighted by Crippen LogP contribution is 2.28. The van der Waals surface area contributed by atoms with Gasteiger partial charge in [-0.25, -0.2) is 4.98 Å². The molecule has 0 radical (unpaired) electrons. The van der Waals surface area contributed by atoms with E-state index in [1.807, 2.05) is 24.3 Å². The van der Waals surface area contributed by atoms with Crippen molar-refractivity contribution in [3.63, 3.8) is 0 Å². The first-order valence-electron chi connectivity index (χ1n) is 8.74. The molecule has 0 aliphatic heterocycles. The standard InChI is InChI=1S/C19H26N2O2S/c1-23-18-9-7-15(8-10-18)19-20-16(14-24-19)13-21(11-12-22)17-5-3-2-4-6-17/h7-10,14,17,22H,2-6,11-13H2,1H3. The number of thiazole rings is 1. The number of hydrogen-bond acceptors (Lipinski definition) is 5. The molecule has 2 aromatic rings. The summed E-state index contributed by atoms with van der Waals surface area (Å²) in [5, 5.41) is 12.6. The van der Waals surface area contributed by atoms with Gasteiger partial charge in [-0.05, 0) is 37.1 Å². The Morgan fingerprint density at radius 1 is 1.21 bits per heavy atom. The lowest BCUT2D eigenvalue weighted by Crippen LogP contribution is -2.38. The van der Waals surface area contributed by atoms with E-state index in [1.165, 1.54) is 32.1 Å². The molecule has 24 heavy (non-hydrogen) atoms. The maximum Gasteiger partial charge on any atom is 0.123 e. The van der Waals surface area contributed by atoms with Crippen molar-refractivity contribution >= 4 is 11.3 Å². The summed E-state index contributed by atoms with van der Waals surface area (Å²) < 4.78 is 5.21. The van der Waals surface area contributed by atoms with Gasteiger partial charge in [0, 0.05) is 30.1 Å². The maximum absolute atomic E-state index is 9.41. The first kappa shape index (κ1) is 17.4. The summed E-state index contributed by atoms with van der Waals surface area (Å²) in [7, 11) is 1.68. The first-order valence-corrected chi connectivity index (χ1v) is 9.62. The molecule has 1 saturated carbocycles. The van der Waals surface area contributed by atoms with Crippen LogP contribution in [0.3, 0.4) is 0 Å². The number of aliphatic hydroxyl groups excluding tert-OH is 1. The highest BCUT2D eigenvalue weighted by molar-refractivity contribution is 7.13. The number of benzene rings is 1. The number of nitrogens with zero attached hydrogens (tertiary/aromatic N) is 2. The Hall–Kier alpha value is -1.43. The number of hydrogen-bond donors (Lipinski definition) is 1. The van der Waals surface area contributed by atoms with Crippen LogP contribution in [0.15, 0.2) is 29.6 Å². The quantitative estimate of drug-likeness (QED) is 0.825. The summed E-state index contributed by atoms with van der Waals surface area (Å²) in [6.45, 7) is 1.78. The van der Waals surface area contributed by atoms with Crippen LogP contribution in [0.5, 0.6) is 5.75 Å². The van der Waals surface area contributed by atoms with Gasteiger partial charge >= 0.3 is 0 Å². The average molecular weight is 346 g/mol. The van der Waals surface area contributed by atoms with E-state index < -0.39 is 0 Å². The summed E-state index contributed by atoms with van der Waals surface area (Å²) in [6.07, 6.45) is 6.45. The highest BCUT2D eigenvalue weighted by Gasteiger charge is 2.21. The van der Waals surface area contributed by atoms with Gasteiger partial charge in [-0.1, -0.05) is 19.3 Å². The van der Waals surface area contributed by atoms with E-state index >= 15 is 0 Å². The molecule has 130 valence electrons. The second-order valence-corrected chi connectivity index (χ2v) is 7.22. The van der Waals surface area contributed by atoms with Gasteiger partial charge in [0.2, 0.25) is 0 Å². The number of aliphatic hydroxyl groups is 1. The van der Waals surface area contributed by atoms with Crippen molar-refractivity contribution in [2.24, 2.45) is 0 Å². The van der Waals surface area contributed by atoms with Crippen molar-refractivity contribution in [3.05, 3.63) is 35.3 Å². The summed E-state index contributed by atoms with van der Waals surface area (Å²) in [5.74, 6) is 0.863. The number of ether oxygens (including phenoxy) is 1. The maximum atomic E-state index is 9.41. The van der Waals surface area contributed by atoms with E-state index in [2.05, 4.69) is 10.3 Å². The molecule has 1 aromatic carbocycles. The zero-order valence-electron chi connectivity index (χ0n) is 14.3. The molecule has 0 saturated heterocycles. The Kier molecular flexibility index (Phi) is 6.24. The van der Waals surface area contributed by atoms with Gasteiger partial charge in [-0.15, -0.1) is 11.3 Å². The third kappa shape index (κ3) is 4.35.